The molecule has 0 bridgehead atoms. The molecule has 2 aromatic rings. The second-order valence-corrected chi connectivity index (χ2v) is 7.65. The monoisotopic (exact) mass is 442 g/mol. The number of ether oxygens (including phenoxy) is 1. The Morgan fingerprint density at radius 2 is 1.90 bits per heavy atom. The third-order valence-corrected chi connectivity index (χ3v) is 5.49. The number of rotatable bonds is 7. The summed E-state index contributed by atoms with van der Waals surface area (Å²) in [5.41, 5.74) is 1.52. The second kappa shape index (κ2) is 10.1. The average Bonchev–Trinajstić information content (AvgIpc) is 3.01. The highest BCUT2D eigenvalue weighted by atomic mass is 35.5. The van der Waals surface area contributed by atoms with Gasteiger partial charge >= 0.3 is 0 Å². The van der Waals surface area contributed by atoms with Crippen LogP contribution in [0.3, 0.4) is 0 Å². The van der Waals surface area contributed by atoms with E-state index in [-0.39, 0.29) is 30.1 Å². The first-order chi connectivity index (χ1) is 14.5. The van der Waals surface area contributed by atoms with Crippen molar-refractivity contribution in [2.45, 2.75) is 0 Å². The zero-order valence-corrected chi connectivity index (χ0v) is 17.7. The fourth-order valence-corrected chi connectivity index (χ4v) is 3.73. The van der Waals surface area contributed by atoms with Crippen molar-refractivity contribution >= 4 is 52.6 Å². The molecule has 0 unspecified atom stereocenters. The van der Waals surface area contributed by atoms with Crippen LogP contribution in [0, 0.1) is 0 Å². The van der Waals surface area contributed by atoms with E-state index < -0.39 is 0 Å². The molecule has 0 saturated carbocycles. The first kappa shape index (κ1) is 21.7. The van der Waals surface area contributed by atoms with Crippen LogP contribution < -0.4 is 10.1 Å². The van der Waals surface area contributed by atoms with Crippen LogP contribution >= 0.6 is 23.4 Å². The summed E-state index contributed by atoms with van der Waals surface area (Å²) in [5, 5.41) is 2.84. The number of benzene rings is 2. The highest BCUT2D eigenvalue weighted by molar-refractivity contribution is 8.18. The molecule has 1 heterocycles. The number of hydrogen-bond donors (Lipinski definition) is 1. The van der Waals surface area contributed by atoms with Crippen LogP contribution in [0.2, 0.25) is 5.02 Å². The number of amides is 3. The number of thioether (sulfide) groups is 1. The standard InChI is InChI=1S/C22H19ClN2O4S/c1-29-17-9-6-15(7-10-17)14-19-21(27)25(22(28)30-19)13-12-24-20(26)11-8-16-4-2-3-5-18(16)23/h2-11,14H,12-13H2,1H3,(H,24,26)/b11-8+,19-14+. The van der Waals surface area contributed by atoms with Crippen LogP contribution in [0.4, 0.5) is 4.79 Å². The Kier molecular flexibility index (Phi) is 7.32. The Bertz CT molecular complexity index is 1020. The van der Waals surface area contributed by atoms with Gasteiger partial charge in [-0.25, -0.2) is 0 Å². The third-order valence-electron chi connectivity index (χ3n) is 4.24. The molecule has 0 radical (unpaired) electrons. The number of hydrogen-bond acceptors (Lipinski definition) is 5. The van der Waals surface area contributed by atoms with E-state index in [9.17, 15) is 14.4 Å². The second-order valence-electron chi connectivity index (χ2n) is 6.25. The summed E-state index contributed by atoms with van der Waals surface area (Å²) < 4.78 is 5.11. The van der Waals surface area contributed by atoms with E-state index in [4.69, 9.17) is 16.3 Å². The van der Waals surface area contributed by atoms with Crippen LogP contribution in [0.1, 0.15) is 11.1 Å². The third kappa shape index (κ3) is 5.52. The Morgan fingerprint density at radius 1 is 1.17 bits per heavy atom. The largest absolute Gasteiger partial charge is 0.497 e. The predicted molar refractivity (Wildman–Crippen MR) is 119 cm³/mol. The Labute approximate surface area is 183 Å². The van der Waals surface area contributed by atoms with E-state index in [0.717, 1.165) is 27.8 Å². The van der Waals surface area contributed by atoms with Crippen molar-refractivity contribution in [2.24, 2.45) is 0 Å². The molecular weight excluding hydrogens is 424 g/mol. The highest BCUT2D eigenvalue weighted by Crippen LogP contribution is 2.32. The summed E-state index contributed by atoms with van der Waals surface area (Å²) >= 11 is 6.92. The van der Waals surface area contributed by atoms with Gasteiger partial charge < -0.3 is 10.1 Å². The summed E-state index contributed by atoms with van der Waals surface area (Å²) in [6.07, 6.45) is 4.63. The van der Waals surface area contributed by atoms with E-state index >= 15 is 0 Å². The summed E-state index contributed by atoms with van der Waals surface area (Å²) in [6, 6.07) is 14.3. The SMILES string of the molecule is COc1ccc(/C=C2/SC(=O)N(CCNC(=O)/C=C/c3ccccc3Cl)C2=O)cc1. The summed E-state index contributed by atoms with van der Waals surface area (Å²) in [7, 11) is 1.58. The van der Waals surface area contributed by atoms with Gasteiger partial charge in [-0.15, -0.1) is 0 Å². The predicted octanol–water partition coefficient (Wildman–Crippen LogP) is 4.21. The molecular formula is C22H19ClN2O4S. The molecule has 3 rings (SSSR count). The summed E-state index contributed by atoms with van der Waals surface area (Å²) in [4.78, 5) is 38.1. The van der Waals surface area contributed by atoms with Gasteiger partial charge in [0.2, 0.25) is 5.91 Å². The zero-order chi connectivity index (χ0) is 21.5. The van der Waals surface area contributed by atoms with Gasteiger partial charge in [0.25, 0.3) is 11.1 Å². The molecule has 154 valence electrons. The fraction of sp³-hybridized carbons (Fsp3) is 0.136. The van der Waals surface area contributed by atoms with Gasteiger partial charge in [-0.1, -0.05) is 41.9 Å². The molecule has 0 spiro atoms. The maximum Gasteiger partial charge on any atom is 0.293 e. The van der Waals surface area contributed by atoms with Gasteiger partial charge in [0.1, 0.15) is 5.75 Å². The Balaban J connectivity index is 1.53. The van der Waals surface area contributed by atoms with Gasteiger partial charge in [-0.2, -0.15) is 0 Å². The lowest BCUT2D eigenvalue weighted by molar-refractivity contribution is -0.123. The molecule has 1 aliphatic rings. The van der Waals surface area contributed by atoms with E-state index in [0.29, 0.717) is 15.7 Å². The number of nitrogens with zero attached hydrogens (tertiary/aromatic N) is 1. The van der Waals surface area contributed by atoms with Crippen molar-refractivity contribution in [2.75, 3.05) is 20.2 Å². The lowest BCUT2D eigenvalue weighted by atomic mass is 10.2. The molecule has 1 saturated heterocycles. The van der Waals surface area contributed by atoms with E-state index in [1.165, 1.54) is 6.08 Å². The van der Waals surface area contributed by atoms with Crippen LogP contribution in [0.5, 0.6) is 5.75 Å². The summed E-state index contributed by atoms with van der Waals surface area (Å²) in [5.74, 6) is -0.00285. The van der Waals surface area contributed by atoms with Crippen LogP contribution in [0.25, 0.3) is 12.2 Å². The molecule has 8 heteroatoms. The van der Waals surface area contributed by atoms with Gasteiger partial charge in [0.05, 0.1) is 12.0 Å². The van der Waals surface area contributed by atoms with Gasteiger partial charge in [-0.3, -0.25) is 19.3 Å². The molecule has 2 aromatic carbocycles. The first-order valence-electron chi connectivity index (χ1n) is 9.08. The zero-order valence-electron chi connectivity index (χ0n) is 16.1. The molecule has 1 N–H and O–H groups in total. The Hall–Kier alpha value is -3.03. The minimum absolute atomic E-state index is 0.0935. The quantitative estimate of drug-likeness (QED) is 0.650. The Morgan fingerprint density at radius 3 is 2.60 bits per heavy atom. The first-order valence-corrected chi connectivity index (χ1v) is 10.3. The maximum absolute atomic E-state index is 12.5. The van der Waals surface area contributed by atoms with Gasteiger partial charge in [0.15, 0.2) is 0 Å². The minimum atomic E-state index is -0.373. The van der Waals surface area contributed by atoms with E-state index in [2.05, 4.69) is 5.32 Å². The molecule has 0 aromatic heterocycles. The molecule has 3 amide bonds. The number of nitrogens with one attached hydrogen (secondary N) is 1. The number of carbonyl (C=O) groups excluding carboxylic acids is 3. The number of halogens is 1. The molecule has 30 heavy (non-hydrogen) atoms. The normalized spacial score (nSPS) is 15.3. The lowest BCUT2D eigenvalue weighted by Crippen LogP contribution is -2.36. The van der Waals surface area contributed by atoms with E-state index in [1.54, 1.807) is 61.7 Å². The number of carbonyl (C=O) groups is 3. The minimum Gasteiger partial charge on any atom is -0.497 e. The van der Waals surface area contributed by atoms with Crippen molar-refractivity contribution < 1.29 is 19.1 Å². The molecule has 1 aliphatic heterocycles. The molecule has 0 aliphatic carbocycles. The smallest absolute Gasteiger partial charge is 0.293 e. The van der Waals surface area contributed by atoms with Crippen LogP contribution in [-0.4, -0.2) is 42.2 Å². The van der Waals surface area contributed by atoms with Crippen molar-refractivity contribution in [1.82, 2.24) is 10.2 Å². The molecule has 1 fully saturated rings. The van der Waals surface area contributed by atoms with Crippen molar-refractivity contribution in [1.29, 1.82) is 0 Å². The fourth-order valence-electron chi connectivity index (χ4n) is 2.67. The number of methoxy groups -OCH3 is 1. The maximum atomic E-state index is 12.5. The van der Waals surface area contributed by atoms with E-state index in [1.807, 2.05) is 6.07 Å². The summed E-state index contributed by atoms with van der Waals surface area (Å²) in [6.45, 7) is 0.246. The van der Waals surface area contributed by atoms with Gasteiger partial charge in [0, 0.05) is 24.2 Å². The van der Waals surface area contributed by atoms with Crippen molar-refractivity contribution in [3.8, 4) is 5.75 Å². The highest BCUT2D eigenvalue weighted by Gasteiger charge is 2.34. The number of imide groups is 1. The van der Waals surface area contributed by atoms with Crippen LogP contribution in [-0.2, 0) is 9.59 Å². The van der Waals surface area contributed by atoms with Crippen LogP contribution in [0.15, 0.2) is 59.5 Å². The molecule has 6 nitrogen and oxygen atoms in total. The topological polar surface area (TPSA) is 75.7 Å². The van der Waals surface area contributed by atoms with Gasteiger partial charge in [-0.05, 0) is 53.2 Å². The van der Waals surface area contributed by atoms with Crippen molar-refractivity contribution in [3.05, 3.63) is 75.7 Å². The van der Waals surface area contributed by atoms with Crippen molar-refractivity contribution in [3.63, 3.8) is 0 Å². The molecule has 0 atom stereocenters. The average molecular weight is 443 g/mol. The lowest BCUT2D eigenvalue weighted by Gasteiger charge is -2.12.